The van der Waals surface area contributed by atoms with Crippen LogP contribution in [0.1, 0.15) is 56.1 Å². The van der Waals surface area contributed by atoms with Crippen molar-refractivity contribution in [2.24, 2.45) is 5.92 Å². The van der Waals surface area contributed by atoms with Crippen LogP contribution in [0.4, 0.5) is 15.0 Å². The van der Waals surface area contributed by atoms with Gasteiger partial charge in [-0.2, -0.15) is 5.26 Å². The Kier molecular flexibility index (Phi) is 7.59. The number of carbonyl (C=O) groups is 2. The minimum Gasteiger partial charge on any atom is -0.444 e. The van der Waals surface area contributed by atoms with Gasteiger partial charge in [-0.1, -0.05) is 36.4 Å². The summed E-state index contributed by atoms with van der Waals surface area (Å²) in [7, 11) is 0. The summed E-state index contributed by atoms with van der Waals surface area (Å²) in [6.45, 7) is 6.36. The highest BCUT2D eigenvalue weighted by Gasteiger charge is 2.38. The van der Waals surface area contributed by atoms with Crippen molar-refractivity contribution in [3.05, 3.63) is 83.8 Å². The lowest BCUT2D eigenvalue weighted by molar-refractivity contribution is 0.0182. The number of piperidine rings is 1. The van der Waals surface area contributed by atoms with Crippen LogP contribution < -0.4 is 5.32 Å². The number of nitriles is 1. The van der Waals surface area contributed by atoms with Gasteiger partial charge in [-0.25, -0.2) is 19.2 Å². The van der Waals surface area contributed by atoms with Crippen LogP contribution in [0.25, 0.3) is 16.5 Å². The second-order valence-electron chi connectivity index (χ2n) is 11.4. The molecule has 2 aromatic heterocycles. The van der Waals surface area contributed by atoms with Crippen molar-refractivity contribution in [2.75, 3.05) is 18.4 Å². The zero-order valence-electron chi connectivity index (χ0n) is 23.4. The van der Waals surface area contributed by atoms with Crippen LogP contribution in [0.15, 0.2) is 72.6 Å². The summed E-state index contributed by atoms with van der Waals surface area (Å²) >= 11 is 0. The number of ketones is 1. The van der Waals surface area contributed by atoms with Crippen LogP contribution in [-0.2, 0) is 4.74 Å². The summed E-state index contributed by atoms with van der Waals surface area (Å²) in [4.78, 5) is 36.3. The van der Waals surface area contributed by atoms with Crippen molar-refractivity contribution in [1.82, 2.24) is 14.9 Å². The van der Waals surface area contributed by atoms with Gasteiger partial charge in [0.05, 0.1) is 11.2 Å². The number of Topliss-reactive ketones (excluding diaryl/α,β-unsaturated/α-hetero) is 1. The van der Waals surface area contributed by atoms with E-state index in [4.69, 9.17) is 4.74 Å². The molecule has 0 saturated carbocycles. The van der Waals surface area contributed by atoms with Crippen LogP contribution in [-0.4, -0.2) is 51.1 Å². The molecule has 210 valence electrons. The third kappa shape index (κ3) is 6.27. The molecule has 2 aliphatic rings. The first-order chi connectivity index (χ1) is 19.5. The number of amides is 1. The molecule has 1 atom stereocenters. The van der Waals surface area contributed by atoms with E-state index in [9.17, 15) is 14.9 Å². The average molecular weight is 554 g/mol. The molecule has 1 N–H and O–H groups in total. The molecule has 9 heteroatoms. The fourth-order valence-corrected chi connectivity index (χ4v) is 5.04. The van der Waals surface area contributed by atoms with E-state index in [1.165, 1.54) is 0 Å². The lowest BCUT2D eigenvalue weighted by atomic mass is 9.86. The van der Waals surface area contributed by atoms with Gasteiger partial charge in [0.2, 0.25) is 5.67 Å². The van der Waals surface area contributed by atoms with Gasteiger partial charge >= 0.3 is 6.09 Å². The normalized spacial score (nSPS) is 19.6. The maximum Gasteiger partial charge on any atom is 0.410 e. The summed E-state index contributed by atoms with van der Waals surface area (Å²) in [6.07, 6.45) is 5.56. The molecular formula is C32H32FN5O3. The molecule has 1 unspecified atom stereocenters. The van der Waals surface area contributed by atoms with Gasteiger partial charge in [-0.05, 0) is 63.0 Å². The highest BCUT2D eigenvalue weighted by atomic mass is 19.1. The number of benzene rings is 1. The third-order valence-electron chi connectivity index (χ3n) is 7.24. The summed E-state index contributed by atoms with van der Waals surface area (Å²) in [5.41, 5.74) is -0.287. The zero-order valence-corrected chi connectivity index (χ0v) is 23.4. The number of nitrogens with one attached hydrogen (secondary N) is 1. The summed E-state index contributed by atoms with van der Waals surface area (Å²) in [5.74, 6) is -0.0120. The molecule has 41 heavy (non-hydrogen) atoms. The Labute approximate surface area is 238 Å². The highest BCUT2D eigenvalue weighted by Crippen LogP contribution is 2.37. The predicted octanol–water partition coefficient (Wildman–Crippen LogP) is 6.47. The number of halogens is 1. The summed E-state index contributed by atoms with van der Waals surface area (Å²) in [5, 5.41) is 13.4. The molecule has 0 spiro atoms. The molecule has 3 heterocycles. The van der Waals surface area contributed by atoms with E-state index >= 15 is 4.39 Å². The Morgan fingerprint density at radius 3 is 2.54 bits per heavy atom. The lowest BCUT2D eigenvalue weighted by Crippen LogP contribution is -2.43. The number of rotatable bonds is 5. The fourth-order valence-electron chi connectivity index (χ4n) is 5.04. The second-order valence-corrected chi connectivity index (χ2v) is 11.4. The first kappa shape index (κ1) is 28.0. The number of aromatic nitrogens is 2. The van der Waals surface area contributed by atoms with Crippen molar-refractivity contribution in [3.63, 3.8) is 0 Å². The number of hydrogen-bond acceptors (Lipinski definition) is 7. The molecule has 1 saturated heterocycles. The maximum absolute atomic E-state index is 15.8. The second kappa shape index (κ2) is 11.1. The van der Waals surface area contributed by atoms with Crippen molar-refractivity contribution in [2.45, 2.75) is 51.3 Å². The third-order valence-corrected chi connectivity index (χ3v) is 7.24. The molecule has 0 radical (unpaired) electrons. The molecule has 1 amide bonds. The summed E-state index contributed by atoms with van der Waals surface area (Å²) in [6, 6.07) is 16.3. The number of anilines is 1. The number of pyridine rings is 2. The quantitative estimate of drug-likeness (QED) is 0.361. The predicted molar refractivity (Wildman–Crippen MR) is 155 cm³/mol. The van der Waals surface area contributed by atoms with Crippen LogP contribution >= 0.6 is 0 Å². The van der Waals surface area contributed by atoms with Crippen molar-refractivity contribution in [1.29, 1.82) is 5.26 Å². The smallest absolute Gasteiger partial charge is 0.410 e. The van der Waals surface area contributed by atoms with Crippen LogP contribution in [0.3, 0.4) is 0 Å². The van der Waals surface area contributed by atoms with E-state index in [1.54, 1.807) is 41.4 Å². The first-order valence-corrected chi connectivity index (χ1v) is 13.7. The molecule has 3 aromatic rings. The standard InChI is InChI=1S/C32H32FN5O3/c1-31(2,3)41-30(40)38-15-13-22(14-16-38)29(39)25-11-9-24-19-35-28(17-26(24)36-25)37-27-12-10-23(18-32(27,33)20-34)21-7-5-4-6-8-21/h4-12,17,19,22H,13-16,18H2,1-3H3,(H,35,37). The molecule has 1 aliphatic carbocycles. The van der Waals surface area contributed by atoms with Crippen LogP contribution in [0.5, 0.6) is 0 Å². The minimum absolute atomic E-state index is 0.0807. The Morgan fingerprint density at radius 2 is 1.85 bits per heavy atom. The number of alkyl halides is 1. The van der Waals surface area contributed by atoms with Crippen LogP contribution in [0.2, 0.25) is 0 Å². The van der Waals surface area contributed by atoms with Gasteiger partial charge in [0.1, 0.15) is 23.2 Å². The van der Waals surface area contributed by atoms with Crippen molar-refractivity contribution >= 4 is 34.2 Å². The highest BCUT2D eigenvalue weighted by molar-refractivity contribution is 5.98. The minimum atomic E-state index is -2.25. The number of carbonyl (C=O) groups excluding carboxylic acids is 2. The Bertz CT molecular complexity index is 1580. The van der Waals surface area contributed by atoms with Gasteiger partial charge in [-0.3, -0.25) is 4.79 Å². The number of fused-ring (bicyclic) bond motifs is 1. The first-order valence-electron chi connectivity index (χ1n) is 13.7. The van der Waals surface area contributed by atoms with Gasteiger partial charge in [0.25, 0.3) is 0 Å². The topological polar surface area (TPSA) is 108 Å². The van der Waals surface area contributed by atoms with E-state index in [1.807, 2.05) is 57.2 Å². The van der Waals surface area contributed by atoms with Gasteiger partial charge in [0, 0.05) is 43.1 Å². The number of allylic oxidation sites excluding steroid dienone is 4. The van der Waals surface area contributed by atoms with Crippen molar-refractivity contribution in [3.8, 4) is 6.07 Å². The maximum atomic E-state index is 15.8. The van der Waals surface area contributed by atoms with E-state index in [2.05, 4.69) is 15.3 Å². The Morgan fingerprint density at radius 1 is 1.12 bits per heavy atom. The van der Waals surface area contributed by atoms with Gasteiger partial charge in [-0.15, -0.1) is 0 Å². The number of hydrogen-bond donors (Lipinski definition) is 1. The van der Waals surface area contributed by atoms with E-state index in [-0.39, 0.29) is 29.9 Å². The fraction of sp³-hybridized carbons (Fsp3) is 0.344. The van der Waals surface area contributed by atoms with Gasteiger partial charge in [0.15, 0.2) is 5.78 Å². The molecule has 1 aromatic carbocycles. The molecule has 0 bridgehead atoms. The number of nitrogens with zero attached hydrogens (tertiary/aromatic N) is 4. The zero-order chi connectivity index (χ0) is 29.2. The summed E-state index contributed by atoms with van der Waals surface area (Å²) < 4.78 is 21.2. The number of ether oxygens (including phenoxy) is 1. The molecule has 5 rings (SSSR count). The Balaban J connectivity index is 1.31. The molecule has 8 nitrogen and oxygen atoms in total. The van der Waals surface area contributed by atoms with E-state index in [0.29, 0.717) is 43.0 Å². The lowest BCUT2D eigenvalue weighted by Gasteiger charge is -2.32. The Hall–Kier alpha value is -4.58. The van der Waals surface area contributed by atoms with Crippen molar-refractivity contribution < 1.29 is 18.7 Å². The van der Waals surface area contributed by atoms with E-state index in [0.717, 1.165) is 16.5 Å². The molecule has 1 fully saturated rings. The van der Waals surface area contributed by atoms with Gasteiger partial charge < -0.3 is 15.0 Å². The molecular weight excluding hydrogens is 521 g/mol. The molecule has 1 aliphatic heterocycles. The SMILES string of the molecule is CC(C)(C)OC(=O)N1CCC(C(=O)c2ccc3cnc(NC4=CC=C(c5ccccc5)CC4(F)C#N)cc3n2)CC1. The largest absolute Gasteiger partial charge is 0.444 e. The average Bonchev–Trinajstić information content (AvgIpc) is 2.97. The monoisotopic (exact) mass is 553 g/mol. The van der Waals surface area contributed by atoms with Crippen LogP contribution in [0, 0.1) is 17.2 Å². The number of likely N-dealkylation sites (tertiary alicyclic amines) is 1. The van der Waals surface area contributed by atoms with E-state index < -0.39 is 11.3 Å².